The topological polar surface area (TPSA) is 107 Å². The Morgan fingerprint density at radius 3 is 1.92 bits per heavy atom. The smallest absolute Gasteiger partial charge is 0.343 e. The number of esters is 1. The SMILES string of the molecule is O=C(Oc1ccc(N(C(=O)c2ccncc2)S(=O)(=O)c2ccc3ccccc3c2)cc1)c1ccncc1. The second-order valence-corrected chi connectivity index (χ2v) is 9.73. The number of benzene rings is 3. The zero-order chi connectivity index (χ0) is 25.8. The first-order valence-electron chi connectivity index (χ1n) is 11.1. The molecule has 1 amide bonds. The van der Waals surface area contributed by atoms with Crippen LogP contribution in [0.5, 0.6) is 5.75 Å². The number of aromatic nitrogens is 2. The summed E-state index contributed by atoms with van der Waals surface area (Å²) in [7, 11) is -4.32. The molecular weight excluding hydrogens is 490 g/mol. The second-order valence-electron chi connectivity index (χ2n) is 7.94. The second kappa shape index (κ2) is 10.00. The van der Waals surface area contributed by atoms with Gasteiger partial charge in [0.05, 0.1) is 16.1 Å². The molecule has 0 aliphatic heterocycles. The molecule has 0 N–H and O–H groups in total. The van der Waals surface area contributed by atoms with Gasteiger partial charge in [0.15, 0.2) is 0 Å². The molecule has 0 atom stereocenters. The van der Waals surface area contributed by atoms with Crippen LogP contribution < -0.4 is 9.04 Å². The van der Waals surface area contributed by atoms with Gasteiger partial charge in [-0.15, -0.1) is 0 Å². The van der Waals surface area contributed by atoms with Crippen molar-refractivity contribution in [2.45, 2.75) is 4.90 Å². The van der Waals surface area contributed by atoms with E-state index in [4.69, 9.17) is 4.74 Å². The van der Waals surface area contributed by atoms with Crippen molar-refractivity contribution in [1.29, 1.82) is 0 Å². The van der Waals surface area contributed by atoms with Gasteiger partial charge in [0, 0.05) is 30.4 Å². The van der Waals surface area contributed by atoms with Gasteiger partial charge in [-0.3, -0.25) is 14.8 Å². The highest BCUT2D eigenvalue weighted by Gasteiger charge is 2.32. The Hall–Kier alpha value is -4.89. The van der Waals surface area contributed by atoms with Crippen molar-refractivity contribution in [2.24, 2.45) is 0 Å². The van der Waals surface area contributed by atoms with Gasteiger partial charge in [-0.1, -0.05) is 30.3 Å². The van der Waals surface area contributed by atoms with Gasteiger partial charge in [0.25, 0.3) is 15.9 Å². The van der Waals surface area contributed by atoms with Gasteiger partial charge in [-0.25, -0.2) is 13.2 Å². The van der Waals surface area contributed by atoms with E-state index in [1.54, 1.807) is 12.1 Å². The summed E-state index contributed by atoms with van der Waals surface area (Å²) in [6, 6.07) is 23.6. The van der Waals surface area contributed by atoms with Crippen LogP contribution in [-0.4, -0.2) is 30.3 Å². The molecule has 5 rings (SSSR count). The summed E-state index contributed by atoms with van der Waals surface area (Å²) >= 11 is 0. The highest BCUT2D eigenvalue weighted by molar-refractivity contribution is 7.93. The van der Waals surface area contributed by atoms with Crippen LogP contribution in [0.4, 0.5) is 5.69 Å². The molecule has 0 fully saturated rings. The summed E-state index contributed by atoms with van der Waals surface area (Å²) in [5, 5.41) is 1.59. The molecule has 0 aliphatic rings. The number of rotatable bonds is 6. The van der Waals surface area contributed by atoms with Crippen molar-refractivity contribution >= 4 is 38.4 Å². The maximum atomic E-state index is 13.8. The number of sulfonamides is 1. The Balaban J connectivity index is 1.53. The molecule has 0 radical (unpaired) electrons. The van der Waals surface area contributed by atoms with Crippen molar-refractivity contribution in [3.05, 3.63) is 127 Å². The number of fused-ring (bicyclic) bond motifs is 1. The average molecular weight is 510 g/mol. The summed E-state index contributed by atoms with van der Waals surface area (Å²) in [5.74, 6) is -1.16. The molecule has 37 heavy (non-hydrogen) atoms. The van der Waals surface area contributed by atoms with E-state index in [0.29, 0.717) is 5.56 Å². The van der Waals surface area contributed by atoms with Crippen molar-refractivity contribution in [3.8, 4) is 5.75 Å². The van der Waals surface area contributed by atoms with E-state index in [2.05, 4.69) is 9.97 Å². The number of amides is 1. The molecule has 0 spiro atoms. The standard InChI is InChI=1S/C28H19N3O5S/c32-27(21-11-15-29-16-12-21)31(37(34,35)26-10-5-20-3-1-2-4-23(20)19-26)24-6-8-25(9-7-24)36-28(33)22-13-17-30-18-14-22/h1-19H. The lowest BCUT2D eigenvalue weighted by molar-refractivity contribution is 0.0734. The summed E-state index contributed by atoms with van der Waals surface area (Å²) in [4.78, 5) is 33.6. The van der Waals surface area contributed by atoms with E-state index in [0.717, 1.165) is 15.1 Å². The highest BCUT2D eigenvalue weighted by atomic mass is 32.2. The fraction of sp³-hybridized carbons (Fsp3) is 0. The number of carbonyl (C=O) groups is 2. The van der Waals surface area contributed by atoms with Gasteiger partial charge in [-0.2, -0.15) is 4.31 Å². The minimum Gasteiger partial charge on any atom is -0.423 e. The number of hydrogen-bond donors (Lipinski definition) is 0. The molecule has 0 unspecified atom stereocenters. The summed E-state index contributed by atoms with van der Waals surface area (Å²) in [5.41, 5.74) is 0.540. The highest BCUT2D eigenvalue weighted by Crippen LogP contribution is 2.29. The molecule has 182 valence electrons. The number of nitrogens with zero attached hydrogens (tertiary/aromatic N) is 3. The van der Waals surface area contributed by atoms with E-state index in [1.807, 2.05) is 18.2 Å². The van der Waals surface area contributed by atoms with Gasteiger partial charge in [-0.05, 0) is 71.4 Å². The lowest BCUT2D eigenvalue weighted by Gasteiger charge is -2.23. The minimum atomic E-state index is -4.32. The van der Waals surface area contributed by atoms with Crippen LogP contribution in [0.15, 0.2) is 121 Å². The van der Waals surface area contributed by atoms with E-state index >= 15 is 0 Å². The zero-order valence-corrected chi connectivity index (χ0v) is 20.1. The Morgan fingerprint density at radius 1 is 0.676 bits per heavy atom. The van der Waals surface area contributed by atoms with Gasteiger partial charge < -0.3 is 4.74 Å². The zero-order valence-electron chi connectivity index (χ0n) is 19.3. The molecule has 0 saturated heterocycles. The lowest BCUT2D eigenvalue weighted by Crippen LogP contribution is -2.37. The van der Waals surface area contributed by atoms with E-state index in [1.165, 1.54) is 85.5 Å². The molecule has 0 aliphatic carbocycles. The van der Waals surface area contributed by atoms with Crippen LogP contribution in [0.25, 0.3) is 10.8 Å². The monoisotopic (exact) mass is 509 g/mol. The molecule has 0 bridgehead atoms. The predicted molar refractivity (Wildman–Crippen MR) is 138 cm³/mol. The van der Waals surface area contributed by atoms with E-state index in [-0.39, 0.29) is 21.9 Å². The van der Waals surface area contributed by atoms with Gasteiger partial charge in [0.2, 0.25) is 0 Å². The molecule has 0 saturated carbocycles. The number of hydrogen-bond acceptors (Lipinski definition) is 7. The fourth-order valence-electron chi connectivity index (χ4n) is 3.71. The largest absolute Gasteiger partial charge is 0.423 e. The number of ether oxygens (including phenoxy) is 1. The Kier molecular flexibility index (Phi) is 6.44. The third-order valence-electron chi connectivity index (χ3n) is 5.57. The Labute approximate surface area is 212 Å². The maximum Gasteiger partial charge on any atom is 0.343 e. The Morgan fingerprint density at radius 2 is 1.27 bits per heavy atom. The predicted octanol–water partition coefficient (Wildman–Crippen LogP) is 4.88. The van der Waals surface area contributed by atoms with E-state index < -0.39 is 21.9 Å². The lowest BCUT2D eigenvalue weighted by atomic mass is 10.1. The van der Waals surface area contributed by atoms with Crippen LogP contribution in [-0.2, 0) is 10.0 Å². The normalized spacial score (nSPS) is 11.1. The maximum absolute atomic E-state index is 13.8. The molecule has 2 aromatic heterocycles. The first kappa shape index (κ1) is 23.8. The molecule has 5 aromatic rings. The summed E-state index contributed by atoms with van der Waals surface area (Å²) in [6.45, 7) is 0. The van der Waals surface area contributed by atoms with Crippen molar-refractivity contribution in [1.82, 2.24) is 9.97 Å². The fourth-order valence-corrected chi connectivity index (χ4v) is 5.16. The van der Waals surface area contributed by atoms with Crippen LogP contribution >= 0.6 is 0 Å². The number of carbonyl (C=O) groups excluding carboxylic acids is 2. The first-order valence-corrected chi connectivity index (χ1v) is 12.6. The average Bonchev–Trinajstić information content (AvgIpc) is 2.94. The van der Waals surface area contributed by atoms with Crippen LogP contribution in [0, 0.1) is 0 Å². The Bertz CT molecular complexity index is 1690. The van der Waals surface area contributed by atoms with Crippen molar-refractivity contribution < 1.29 is 22.7 Å². The summed E-state index contributed by atoms with van der Waals surface area (Å²) < 4.78 is 33.8. The number of pyridine rings is 2. The van der Waals surface area contributed by atoms with Crippen LogP contribution in [0.2, 0.25) is 0 Å². The molecule has 9 heteroatoms. The van der Waals surface area contributed by atoms with Crippen molar-refractivity contribution in [2.75, 3.05) is 4.31 Å². The quantitative estimate of drug-likeness (QED) is 0.237. The van der Waals surface area contributed by atoms with E-state index in [9.17, 15) is 18.0 Å². The number of anilines is 1. The molecule has 2 heterocycles. The minimum absolute atomic E-state index is 0.0400. The van der Waals surface area contributed by atoms with Gasteiger partial charge >= 0.3 is 5.97 Å². The van der Waals surface area contributed by atoms with Crippen LogP contribution in [0.3, 0.4) is 0 Å². The molecule has 8 nitrogen and oxygen atoms in total. The third kappa shape index (κ3) is 4.93. The first-order chi connectivity index (χ1) is 17.9. The molecule has 3 aromatic carbocycles. The molecular formula is C28H19N3O5S. The third-order valence-corrected chi connectivity index (χ3v) is 7.28. The van der Waals surface area contributed by atoms with Gasteiger partial charge in [0.1, 0.15) is 5.75 Å². The summed E-state index contributed by atoms with van der Waals surface area (Å²) in [6.07, 6.45) is 5.77. The van der Waals surface area contributed by atoms with Crippen LogP contribution in [0.1, 0.15) is 20.7 Å². The van der Waals surface area contributed by atoms with Crippen molar-refractivity contribution in [3.63, 3.8) is 0 Å².